The van der Waals surface area contributed by atoms with Gasteiger partial charge in [0.2, 0.25) is 0 Å². The molecule has 132 valence electrons. The predicted molar refractivity (Wildman–Crippen MR) is 103 cm³/mol. The Hall–Kier alpha value is -1.38. The highest BCUT2D eigenvalue weighted by atomic mass is 32.1. The van der Waals surface area contributed by atoms with E-state index in [9.17, 15) is 5.11 Å². The highest BCUT2D eigenvalue weighted by Crippen LogP contribution is 2.21. The van der Waals surface area contributed by atoms with Crippen LogP contribution < -0.4 is 0 Å². The molecule has 5 nitrogen and oxygen atoms in total. The zero-order valence-electron chi connectivity index (χ0n) is 14.0. The van der Waals surface area contributed by atoms with Gasteiger partial charge in [-0.25, -0.2) is 0 Å². The van der Waals surface area contributed by atoms with Gasteiger partial charge in [0.05, 0.1) is 11.7 Å². The zero-order chi connectivity index (χ0) is 17.1. The number of hydrogen-bond acceptors (Lipinski definition) is 7. The summed E-state index contributed by atoms with van der Waals surface area (Å²) in [6, 6.07) is 11.1. The Balaban J connectivity index is 1.41. The Kier molecular flexibility index (Phi) is 5.38. The summed E-state index contributed by atoms with van der Waals surface area (Å²) in [5, 5.41) is 11.6. The molecule has 0 aliphatic carbocycles. The lowest BCUT2D eigenvalue weighted by molar-refractivity contribution is 0.0507. The van der Waals surface area contributed by atoms with Crippen molar-refractivity contribution in [2.45, 2.75) is 25.6 Å². The van der Waals surface area contributed by atoms with Crippen molar-refractivity contribution >= 4 is 34.1 Å². The lowest BCUT2D eigenvalue weighted by atomic mass is 10.1. The van der Waals surface area contributed by atoms with Gasteiger partial charge in [-0.1, -0.05) is 12.1 Å². The van der Waals surface area contributed by atoms with E-state index in [4.69, 9.17) is 0 Å². The Labute approximate surface area is 155 Å². The maximum absolute atomic E-state index is 9.48. The van der Waals surface area contributed by atoms with Gasteiger partial charge in [-0.05, 0) is 35.6 Å². The van der Waals surface area contributed by atoms with E-state index in [-0.39, 0.29) is 6.61 Å². The molecule has 0 saturated carbocycles. The van der Waals surface area contributed by atoms with Gasteiger partial charge in [-0.2, -0.15) is 8.75 Å². The summed E-state index contributed by atoms with van der Waals surface area (Å²) in [6.45, 7) is 5.27. The van der Waals surface area contributed by atoms with E-state index in [1.807, 2.05) is 11.3 Å². The van der Waals surface area contributed by atoms with Crippen LogP contribution in [0, 0.1) is 0 Å². The van der Waals surface area contributed by atoms with Crippen LogP contribution in [0.5, 0.6) is 0 Å². The molecule has 0 unspecified atom stereocenters. The Morgan fingerprint density at radius 3 is 2.88 bits per heavy atom. The molecule has 0 spiro atoms. The highest BCUT2D eigenvalue weighted by molar-refractivity contribution is 7.09. The number of aliphatic hydroxyl groups excluding tert-OH is 1. The molecule has 1 aliphatic rings. The van der Waals surface area contributed by atoms with Crippen LogP contribution in [0.2, 0.25) is 0 Å². The number of fused-ring (bicyclic) bond motifs is 1. The van der Waals surface area contributed by atoms with E-state index in [0.29, 0.717) is 6.04 Å². The number of rotatable bonds is 6. The van der Waals surface area contributed by atoms with Gasteiger partial charge >= 0.3 is 0 Å². The summed E-state index contributed by atoms with van der Waals surface area (Å²) in [5.74, 6) is 0. The smallest absolute Gasteiger partial charge is 0.105 e. The molecule has 1 atom stereocenters. The van der Waals surface area contributed by atoms with Crippen LogP contribution in [0.4, 0.5) is 0 Å². The van der Waals surface area contributed by atoms with Crippen molar-refractivity contribution in [2.75, 3.05) is 26.2 Å². The molecule has 4 rings (SSSR count). The van der Waals surface area contributed by atoms with Gasteiger partial charge in [-0.15, -0.1) is 11.3 Å². The first-order valence-electron chi connectivity index (χ1n) is 8.62. The molecule has 0 bridgehead atoms. The normalized spacial score (nSPS) is 19.6. The average molecular weight is 375 g/mol. The third kappa shape index (κ3) is 4.07. The van der Waals surface area contributed by atoms with Gasteiger partial charge in [-0.3, -0.25) is 9.80 Å². The maximum atomic E-state index is 9.48. The number of aliphatic hydroxyl groups is 1. The van der Waals surface area contributed by atoms with Gasteiger partial charge in [0, 0.05) is 50.2 Å². The molecule has 1 aromatic carbocycles. The SMILES string of the molecule is OCC[C@H]1CN(Cc2ccc3nsnc3c2)CCN1Cc1cccs1. The van der Waals surface area contributed by atoms with Crippen LogP contribution >= 0.6 is 23.1 Å². The van der Waals surface area contributed by atoms with Crippen LogP contribution in [0.1, 0.15) is 16.9 Å². The van der Waals surface area contributed by atoms with Gasteiger partial charge < -0.3 is 5.11 Å². The molecule has 2 aromatic heterocycles. The van der Waals surface area contributed by atoms with Crippen LogP contribution in [0.25, 0.3) is 11.0 Å². The fourth-order valence-corrected chi connectivity index (χ4v) is 4.77. The molecular weight excluding hydrogens is 352 g/mol. The largest absolute Gasteiger partial charge is 0.396 e. The van der Waals surface area contributed by atoms with E-state index in [0.717, 1.165) is 50.2 Å². The minimum Gasteiger partial charge on any atom is -0.396 e. The number of aromatic nitrogens is 2. The third-order valence-corrected chi connectivity index (χ3v) is 6.23. The van der Waals surface area contributed by atoms with Gasteiger partial charge in [0.1, 0.15) is 11.0 Å². The molecule has 3 aromatic rings. The van der Waals surface area contributed by atoms with E-state index in [1.54, 1.807) is 0 Å². The summed E-state index contributed by atoms with van der Waals surface area (Å²) < 4.78 is 8.61. The molecule has 0 radical (unpaired) electrons. The topological polar surface area (TPSA) is 52.5 Å². The number of nitrogens with zero attached hydrogens (tertiary/aromatic N) is 4. The zero-order valence-corrected chi connectivity index (χ0v) is 15.7. The minimum atomic E-state index is 0.246. The van der Waals surface area contributed by atoms with Crippen molar-refractivity contribution in [3.05, 3.63) is 46.2 Å². The molecule has 7 heteroatoms. The van der Waals surface area contributed by atoms with Crippen molar-refractivity contribution in [1.82, 2.24) is 18.5 Å². The summed E-state index contributed by atoms with van der Waals surface area (Å²) in [7, 11) is 0. The summed E-state index contributed by atoms with van der Waals surface area (Å²) >= 11 is 3.08. The Morgan fingerprint density at radius 2 is 2.04 bits per heavy atom. The van der Waals surface area contributed by atoms with E-state index >= 15 is 0 Å². The second-order valence-electron chi connectivity index (χ2n) is 6.54. The highest BCUT2D eigenvalue weighted by Gasteiger charge is 2.26. The van der Waals surface area contributed by atoms with Crippen LogP contribution in [0.3, 0.4) is 0 Å². The van der Waals surface area contributed by atoms with Crippen molar-refractivity contribution in [2.24, 2.45) is 0 Å². The lowest BCUT2D eigenvalue weighted by Gasteiger charge is -2.41. The second-order valence-corrected chi connectivity index (χ2v) is 8.10. The van der Waals surface area contributed by atoms with E-state index in [2.05, 4.69) is 54.3 Å². The summed E-state index contributed by atoms with van der Waals surface area (Å²) in [6.07, 6.45) is 0.830. The Bertz CT molecular complexity index is 804. The molecule has 1 aliphatic heterocycles. The van der Waals surface area contributed by atoms with Crippen molar-refractivity contribution in [3.63, 3.8) is 0 Å². The standard InChI is InChI=1S/C18H22N4OS2/c23-8-5-15-12-21(6-7-22(15)13-16-2-1-9-24-16)11-14-3-4-17-18(10-14)20-25-19-17/h1-4,9-10,15,23H,5-8,11-13H2/t15-/m0/s1. The van der Waals surface area contributed by atoms with Crippen LogP contribution in [-0.2, 0) is 13.1 Å². The first kappa shape index (κ1) is 17.1. The molecule has 3 heterocycles. The van der Waals surface area contributed by atoms with Gasteiger partial charge in [0.15, 0.2) is 0 Å². The monoisotopic (exact) mass is 374 g/mol. The molecule has 1 fully saturated rings. The van der Waals surface area contributed by atoms with Crippen molar-refractivity contribution in [3.8, 4) is 0 Å². The van der Waals surface area contributed by atoms with E-state index in [1.165, 1.54) is 22.2 Å². The first-order chi connectivity index (χ1) is 12.3. The second kappa shape index (κ2) is 7.88. The molecule has 1 N–H and O–H groups in total. The van der Waals surface area contributed by atoms with E-state index < -0.39 is 0 Å². The minimum absolute atomic E-state index is 0.246. The Morgan fingerprint density at radius 1 is 1.12 bits per heavy atom. The summed E-state index contributed by atoms with van der Waals surface area (Å²) in [4.78, 5) is 6.41. The molecule has 0 amide bonds. The number of piperazine rings is 1. The molecule has 1 saturated heterocycles. The van der Waals surface area contributed by atoms with Crippen molar-refractivity contribution in [1.29, 1.82) is 0 Å². The van der Waals surface area contributed by atoms with Crippen LogP contribution in [-0.4, -0.2) is 55.9 Å². The third-order valence-electron chi connectivity index (χ3n) is 4.81. The maximum Gasteiger partial charge on any atom is 0.105 e. The fraction of sp³-hybridized carbons (Fsp3) is 0.444. The van der Waals surface area contributed by atoms with Crippen molar-refractivity contribution < 1.29 is 5.11 Å². The first-order valence-corrected chi connectivity index (χ1v) is 10.2. The number of thiophene rings is 1. The lowest BCUT2D eigenvalue weighted by Crippen LogP contribution is -2.52. The van der Waals surface area contributed by atoms with Gasteiger partial charge in [0.25, 0.3) is 0 Å². The molecular formula is C18H22N4OS2. The fourth-order valence-electron chi connectivity index (χ4n) is 3.52. The number of hydrogen-bond donors (Lipinski definition) is 1. The van der Waals surface area contributed by atoms with Crippen LogP contribution in [0.15, 0.2) is 35.7 Å². The molecule has 25 heavy (non-hydrogen) atoms. The predicted octanol–water partition coefficient (Wildman–Crippen LogP) is 2.82. The average Bonchev–Trinajstić information content (AvgIpc) is 3.28. The summed E-state index contributed by atoms with van der Waals surface area (Å²) in [5.41, 5.74) is 3.26. The quantitative estimate of drug-likeness (QED) is 0.719. The number of benzene rings is 1.